The van der Waals surface area contributed by atoms with E-state index in [9.17, 15) is 13.2 Å². The summed E-state index contributed by atoms with van der Waals surface area (Å²) in [6.07, 6.45) is 5.48. The van der Waals surface area contributed by atoms with Crippen molar-refractivity contribution in [1.82, 2.24) is 9.71 Å². The maximum atomic E-state index is 12.5. The van der Waals surface area contributed by atoms with Crippen LogP contribution < -0.4 is 4.72 Å². The molecule has 2 aromatic rings. The standard InChI is InChI=1S/C18H20N2O4S/c21-18(22)15-1-5-16(6-2-15)20-25(23,24)17-7-3-13(4-8-17)14-9-11-19-12-10-14/h3-4,7-12,15-16,20H,1-2,5-6H2,(H,21,22). The molecule has 0 amide bonds. The number of hydrogen-bond acceptors (Lipinski definition) is 4. The summed E-state index contributed by atoms with van der Waals surface area (Å²) < 4.78 is 27.8. The molecule has 1 aliphatic carbocycles. The molecule has 132 valence electrons. The van der Waals surface area contributed by atoms with Gasteiger partial charge in [0, 0.05) is 18.4 Å². The molecule has 0 radical (unpaired) electrons. The van der Waals surface area contributed by atoms with Crippen molar-refractivity contribution in [1.29, 1.82) is 0 Å². The Kier molecular flexibility index (Phi) is 5.15. The molecule has 0 atom stereocenters. The van der Waals surface area contributed by atoms with Gasteiger partial charge in [0.15, 0.2) is 0 Å². The topological polar surface area (TPSA) is 96.4 Å². The lowest BCUT2D eigenvalue weighted by molar-refractivity contribution is -0.142. The minimum absolute atomic E-state index is 0.208. The summed E-state index contributed by atoms with van der Waals surface area (Å²) in [5, 5.41) is 9.01. The summed E-state index contributed by atoms with van der Waals surface area (Å²) in [6, 6.07) is 10.2. The molecule has 1 fully saturated rings. The summed E-state index contributed by atoms with van der Waals surface area (Å²) in [6.45, 7) is 0. The monoisotopic (exact) mass is 360 g/mol. The van der Waals surface area contributed by atoms with Crippen molar-refractivity contribution in [2.75, 3.05) is 0 Å². The van der Waals surface area contributed by atoms with Gasteiger partial charge < -0.3 is 5.11 Å². The van der Waals surface area contributed by atoms with E-state index in [1.54, 1.807) is 36.7 Å². The molecule has 0 unspecified atom stereocenters. The molecule has 0 spiro atoms. The van der Waals surface area contributed by atoms with Crippen LogP contribution in [-0.4, -0.2) is 30.5 Å². The van der Waals surface area contributed by atoms with Gasteiger partial charge in [-0.2, -0.15) is 0 Å². The van der Waals surface area contributed by atoms with Crippen LogP contribution in [0.4, 0.5) is 0 Å². The molecule has 1 aliphatic rings. The van der Waals surface area contributed by atoms with Crippen molar-refractivity contribution in [3.8, 4) is 11.1 Å². The third-order valence-corrected chi connectivity index (χ3v) is 6.11. The van der Waals surface area contributed by atoms with Crippen LogP contribution in [0, 0.1) is 5.92 Å². The number of sulfonamides is 1. The van der Waals surface area contributed by atoms with Crippen LogP contribution >= 0.6 is 0 Å². The van der Waals surface area contributed by atoms with Gasteiger partial charge in [-0.15, -0.1) is 0 Å². The molecule has 2 N–H and O–H groups in total. The van der Waals surface area contributed by atoms with E-state index in [1.807, 2.05) is 12.1 Å². The molecule has 1 aromatic heterocycles. The second-order valence-electron chi connectivity index (χ2n) is 6.27. The normalized spacial score (nSPS) is 21.0. The number of benzene rings is 1. The van der Waals surface area contributed by atoms with Crippen LogP contribution in [0.3, 0.4) is 0 Å². The lowest BCUT2D eigenvalue weighted by Gasteiger charge is -2.26. The number of aliphatic carboxylic acids is 1. The molecular weight excluding hydrogens is 340 g/mol. The highest BCUT2D eigenvalue weighted by atomic mass is 32.2. The number of rotatable bonds is 5. The van der Waals surface area contributed by atoms with Gasteiger partial charge in [0.2, 0.25) is 10.0 Å². The Morgan fingerprint density at radius 1 is 0.960 bits per heavy atom. The number of carbonyl (C=O) groups is 1. The zero-order chi connectivity index (χ0) is 17.9. The first-order chi connectivity index (χ1) is 12.0. The molecular formula is C18H20N2O4S. The molecule has 25 heavy (non-hydrogen) atoms. The molecule has 1 aromatic carbocycles. The minimum Gasteiger partial charge on any atom is -0.481 e. The minimum atomic E-state index is -3.61. The first kappa shape index (κ1) is 17.6. The van der Waals surface area contributed by atoms with E-state index < -0.39 is 16.0 Å². The zero-order valence-corrected chi connectivity index (χ0v) is 14.4. The first-order valence-electron chi connectivity index (χ1n) is 8.21. The van der Waals surface area contributed by atoms with Gasteiger partial charge in [-0.1, -0.05) is 12.1 Å². The molecule has 1 saturated carbocycles. The number of carboxylic acids is 1. The van der Waals surface area contributed by atoms with E-state index in [0.717, 1.165) is 11.1 Å². The van der Waals surface area contributed by atoms with E-state index in [2.05, 4.69) is 9.71 Å². The highest BCUT2D eigenvalue weighted by Crippen LogP contribution is 2.26. The van der Waals surface area contributed by atoms with Crippen molar-refractivity contribution in [3.63, 3.8) is 0 Å². The number of nitrogens with zero attached hydrogens (tertiary/aromatic N) is 1. The predicted molar refractivity (Wildman–Crippen MR) is 93.4 cm³/mol. The van der Waals surface area contributed by atoms with Crippen molar-refractivity contribution in [3.05, 3.63) is 48.8 Å². The van der Waals surface area contributed by atoms with Crippen molar-refractivity contribution < 1.29 is 18.3 Å². The van der Waals surface area contributed by atoms with Crippen LogP contribution in [-0.2, 0) is 14.8 Å². The first-order valence-corrected chi connectivity index (χ1v) is 9.69. The average Bonchev–Trinajstić information content (AvgIpc) is 2.63. The van der Waals surface area contributed by atoms with Crippen LogP contribution in [0.2, 0.25) is 0 Å². The smallest absolute Gasteiger partial charge is 0.306 e. The second kappa shape index (κ2) is 7.33. The number of carboxylic acid groups (broad SMARTS) is 1. The summed E-state index contributed by atoms with van der Waals surface area (Å²) in [7, 11) is -3.61. The lowest BCUT2D eigenvalue weighted by Crippen LogP contribution is -2.38. The van der Waals surface area contributed by atoms with E-state index in [4.69, 9.17) is 5.11 Å². The highest BCUT2D eigenvalue weighted by molar-refractivity contribution is 7.89. The molecule has 1 heterocycles. The second-order valence-corrected chi connectivity index (χ2v) is 7.98. The lowest BCUT2D eigenvalue weighted by atomic mass is 9.87. The largest absolute Gasteiger partial charge is 0.481 e. The fraction of sp³-hybridized carbons (Fsp3) is 0.333. The van der Waals surface area contributed by atoms with Crippen LogP contribution in [0.1, 0.15) is 25.7 Å². The van der Waals surface area contributed by atoms with Crippen LogP contribution in [0.5, 0.6) is 0 Å². The maximum Gasteiger partial charge on any atom is 0.306 e. The van der Waals surface area contributed by atoms with Crippen molar-refractivity contribution in [2.24, 2.45) is 5.92 Å². The van der Waals surface area contributed by atoms with Crippen molar-refractivity contribution in [2.45, 2.75) is 36.6 Å². The predicted octanol–water partition coefficient (Wildman–Crippen LogP) is 2.67. The molecule has 3 rings (SSSR count). The molecule has 7 heteroatoms. The van der Waals surface area contributed by atoms with E-state index in [-0.39, 0.29) is 16.9 Å². The van der Waals surface area contributed by atoms with Gasteiger partial charge in [0.05, 0.1) is 10.8 Å². The molecule has 0 bridgehead atoms. The van der Waals surface area contributed by atoms with Gasteiger partial charge in [-0.05, 0) is 61.1 Å². The molecule has 0 aliphatic heterocycles. The Hall–Kier alpha value is -2.25. The fourth-order valence-corrected chi connectivity index (χ4v) is 4.42. The zero-order valence-electron chi connectivity index (χ0n) is 13.6. The Balaban J connectivity index is 1.67. The Labute approximate surface area is 147 Å². The third-order valence-electron chi connectivity index (χ3n) is 4.58. The molecule has 6 nitrogen and oxygen atoms in total. The van der Waals surface area contributed by atoms with Gasteiger partial charge in [0.1, 0.15) is 0 Å². The Morgan fingerprint density at radius 3 is 2.08 bits per heavy atom. The van der Waals surface area contributed by atoms with Gasteiger partial charge in [0.25, 0.3) is 0 Å². The third kappa shape index (κ3) is 4.24. The van der Waals surface area contributed by atoms with Crippen LogP contribution in [0.15, 0.2) is 53.7 Å². The quantitative estimate of drug-likeness (QED) is 0.854. The summed E-state index contributed by atoms with van der Waals surface area (Å²) >= 11 is 0. The van der Waals surface area contributed by atoms with Gasteiger partial charge in [-0.3, -0.25) is 9.78 Å². The average molecular weight is 360 g/mol. The number of hydrogen-bond donors (Lipinski definition) is 2. The van der Waals surface area contributed by atoms with Crippen molar-refractivity contribution >= 4 is 16.0 Å². The van der Waals surface area contributed by atoms with Crippen LogP contribution in [0.25, 0.3) is 11.1 Å². The van der Waals surface area contributed by atoms with E-state index >= 15 is 0 Å². The maximum absolute atomic E-state index is 12.5. The Bertz CT molecular complexity index is 827. The van der Waals surface area contributed by atoms with Gasteiger partial charge >= 0.3 is 5.97 Å². The van der Waals surface area contributed by atoms with E-state index in [1.165, 1.54) is 0 Å². The van der Waals surface area contributed by atoms with Gasteiger partial charge in [-0.25, -0.2) is 13.1 Å². The summed E-state index contributed by atoms with van der Waals surface area (Å²) in [5.41, 5.74) is 1.89. The number of aromatic nitrogens is 1. The summed E-state index contributed by atoms with van der Waals surface area (Å²) in [4.78, 5) is 15.2. The summed E-state index contributed by atoms with van der Waals surface area (Å²) in [5.74, 6) is -1.16. The highest BCUT2D eigenvalue weighted by Gasteiger charge is 2.28. The number of pyridine rings is 1. The SMILES string of the molecule is O=C(O)C1CCC(NS(=O)(=O)c2ccc(-c3ccncc3)cc2)CC1. The van der Waals surface area contributed by atoms with E-state index in [0.29, 0.717) is 25.7 Å². The molecule has 0 saturated heterocycles. The fourth-order valence-electron chi connectivity index (χ4n) is 3.12. The number of nitrogens with one attached hydrogen (secondary N) is 1. The Morgan fingerprint density at radius 2 is 1.52 bits per heavy atom.